The predicted octanol–water partition coefficient (Wildman–Crippen LogP) is 11.0. The second kappa shape index (κ2) is 11.3. The van der Waals surface area contributed by atoms with Crippen molar-refractivity contribution in [1.29, 1.82) is 0 Å². The van der Waals surface area contributed by atoms with E-state index in [4.69, 9.17) is 9.47 Å². The van der Waals surface area contributed by atoms with E-state index in [2.05, 4.69) is 168 Å². The quantitative estimate of drug-likeness (QED) is 0.113. The SMILES string of the molecule is [2H]c1cc2c3c(cc4c([2H])cc5c6c(cc1c3c46)B1c3ccc(C(C)(C)C)cc3Oc3cc(C(C)(C)C)cc-5c31)B1c3ccc(C(C)(C)C)cc3Oc3cc(C(C)(C)C)cc-2c31. The van der Waals surface area contributed by atoms with Crippen molar-refractivity contribution >= 4 is 78.5 Å². The number of rotatable bonds is 0. The molecule has 0 atom stereocenters. The van der Waals surface area contributed by atoms with E-state index in [0.717, 1.165) is 88.6 Å². The van der Waals surface area contributed by atoms with Crippen molar-refractivity contribution in [2.75, 3.05) is 0 Å². The highest BCUT2D eigenvalue weighted by Crippen LogP contribution is 2.48. The summed E-state index contributed by atoms with van der Waals surface area (Å²) in [7, 11) is 0. The van der Waals surface area contributed by atoms with Crippen molar-refractivity contribution in [3.8, 4) is 45.3 Å². The van der Waals surface area contributed by atoms with Gasteiger partial charge in [0.05, 0.1) is 2.74 Å². The first-order valence-electron chi connectivity index (χ1n) is 22.9. The minimum absolute atomic E-state index is 0.0426. The van der Waals surface area contributed by atoms with Gasteiger partial charge in [0.25, 0.3) is 13.4 Å². The summed E-state index contributed by atoms with van der Waals surface area (Å²) in [4.78, 5) is 0. The van der Waals surface area contributed by atoms with E-state index in [1.54, 1.807) is 0 Å². The maximum absolute atomic E-state index is 9.98. The predicted molar refractivity (Wildman–Crippen MR) is 258 cm³/mol. The van der Waals surface area contributed by atoms with Crippen LogP contribution in [0.2, 0.25) is 0 Å². The normalized spacial score (nSPS) is 15.3. The summed E-state index contributed by atoms with van der Waals surface area (Å²) in [6, 6.07) is 32.9. The molecule has 0 spiro atoms. The molecule has 0 N–H and O–H groups in total. The summed E-state index contributed by atoms with van der Waals surface area (Å²) in [6.45, 7) is 27.0. The van der Waals surface area contributed by atoms with Crippen LogP contribution in [0.4, 0.5) is 0 Å². The van der Waals surface area contributed by atoms with E-state index in [1.165, 1.54) is 44.0 Å². The van der Waals surface area contributed by atoms with E-state index >= 15 is 0 Å². The van der Waals surface area contributed by atoms with Crippen molar-refractivity contribution in [3.05, 3.63) is 119 Å². The Bertz CT molecular complexity index is 3140. The van der Waals surface area contributed by atoms with Crippen molar-refractivity contribution < 1.29 is 12.2 Å². The highest BCUT2D eigenvalue weighted by Gasteiger charge is 2.44. The van der Waals surface area contributed by atoms with Gasteiger partial charge in [-0.2, -0.15) is 0 Å². The van der Waals surface area contributed by atoms with Crippen LogP contribution in [0.5, 0.6) is 23.0 Å². The summed E-state index contributed by atoms with van der Waals surface area (Å²) in [5.41, 5.74) is 16.1. The average molecular weight is 781 g/mol. The van der Waals surface area contributed by atoms with Crippen LogP contribution in [0.1, 0.15) is 108 Å². The third kappa shape index (κ3) is 4.80. The molecular formula is C56H52B2O2. The van der Waals surface area contributed by atoms with E-state index < -0.39 is 0 Å². The van der Waals surface area contributed by atoms with E-state index in [-0.39, 0.29) is 35.1 Å². The Morgan fingerprint density at radius 1 is 0.367 bits per heavy atom. The maximum atomic E-state index is 9.98. The lowest BCUT2D eigenvalue weighted by Crippen LogP contribution is -2.58. The van der Waals surface area contributed by atoms with Gasteiger partial charge in [0.15, 0.2) is 0 Å². The standard InChI is InChI=1S/C56H52B2O2/c1-53(2,3)31-15-19-39-43(25-31)59-45-27-33(55(7,8)9)23-37-35-17-14-30-22-42-50-36(18-13-29-21-41(57(39)51(37)45)49(35)47(30)48(29)50)38-24-34(56(10,11)12)28-46-52(38)58(42)40-20-16-32(54(4,5)6)26-44(40)60-46/h13-28H,1-12H3/i13D,14D. The lowest BCUT2D eigenvalue weighted by Gasteiger charge is -2.38. The molecule has 0 aromatic heterocycles. The third-order valence-corrected chi connectivity index (χ3v) is 14.4. The summed E-state index contributed by atoms with van der Waals surface area (Å²) in [5, 5.41) is 6.49. The highest BCUT2D eigenvalue weighted by atomic mass is 16.5. The van der Waals surface area contributed by atoms with Gasteiger partial charge < -0.3 is 9.47 Å². The molecule has 4 aliphatic rings. The van der Waals surface area contributed by atoms with Gasteiger partial charge in [-0.3, -0.25) is 0 Å². The zero-order chi connectivity index (χ0) is 43.5. The Balaban J connectivity index is 1.24. The Hall–Kier alpha value is -5.47. The van der Waals surface area contributed by atoms with Crippen LogP contribution in [0.25, 0.3) is 54.6 Å². The first-order valence-corrected chi connectivity index (χ1v) is 21.9. The fourth-order valence-corrected chi connectivity index (χ4v) is 11.0. The average Bonchev–Trinajstić information content (AvgIpc) is 3.19. The Morgan fingerprint density at radius 2 is 0.733 bits per heavy atom. The maximum Gasteiger partial charge on any atom is 0.252 e. The monoisotopic (exact) mass is 780 g/mol. The molecule has 8 aromatic carbocycles. The van der Waals surface area contributed by atoms with Gasteiger partial charge in [0.1, 0.15) is 23.0 Å². The molecule has 2 nitrogen and oxygen atoms in total. The molecular weight excluding hydrogens is 726 g/mol. The second-order valence-electron chi connectivity index (χ2n) is 22.4. The van der Waals surface area contributed by atoms with Crippen LogP contribution < -0.4 is 42.3 Å². The summed E-state index contributed by atoms with van der Waals surface area (Å²) in [6.07, 6.45) is 0. The summed E-state index contributed by atoms with van der Waals surface area (Å²) >= 11 is 0. The number of fused-ring (bicyclic) bond motifs is 8. The van der Waals surface area contributed by atoms with Gasteiger partial charge >= 0.3 is 0 Å². The smallest absolute Gasteiger partial charge is 0.252 e. The minimum atomic E-state index is -0.126. The molecule has 0 unspecified atom stereocenters. The molecule has 0 aliphatic carbocycles. The van der Waals surface area contributed by atoms with Gasteiger partial charge in [-0.1, -0.05) is 167 Å². The largest absolute Gasteiger partial charge is 0.458 e. The van der Waals surface area contributed by atoms with Crippen LogP contribution in [-0.2, 0) is 21.7 Å². The van der Waals surface area contributed by atoms with Gasteiger partial charge in [0.2, 0.25) is 0 Å². The number of ether oxygens (including phenoxy) is 2. The fourth-order valence-electron chi connectivity index (χ4n) is 11.0. The third-order valence-electron chi connectivity index (χ3n) is 14.4. The first-order chi connectivity index (χ1) is 29.1. The molecule has 0 saturated heterocycles. The molecule has 12 rings (SSSR count). The van der Waals surface area contributed by atoms with Crippen molar-refractivity contribution in [2.24, 2.45) is 0 Å². The van der Waals surface area contributed by atoms with Crippen molar-refractivity contribution in [2.45, 2.75) is 105 Å². The summed E-state index contributed by atoms with van der Waals surface area (Å²) < 4.78 is 34.0. The van der Waals surface area contributed by atoms with Crippen LogP contribution >= 0.6 is 0 Å². The number of hydrogen-bond donors (Lipinski definition) is 0. The molecule has 4 heteroatoms. The van der Waals surface area contributed by atoms with Crippen molar-refractivity contribution in [1.82, 2.24) is 0 Å². The van der Waals surface area contributed by atoms with E-state index in [1.807, 2.05) is 0 Å². The number of benzene rings is 8. The van der Waals surface area contributed by atoms with Gasteiger partial charge in [-0.15, -0.1) is 0 Å². The van der Waals surface area contributed by atoms with Crippen LogP contribution in [0.15, 0.2) is 97.0 Å². The van der Waals surface area contributed by atoms with Crippen molar-refractivity contribution in [3.63, 3.8) is 0 Å². The van der Waals surface area contributed by atoms with Gasteiger partial charge in [-0.25, -0.2) is 0 Å². The molecule has 4 heterocycles. The lowest BCUT2D eigenvalue weighted by atomic mass is 9.31. The molecule has 0 saturated carbocycles. The zero-order valence-electron chi connectivity index (χ0n) is 39.1. The highest BCUT2D eigenvalue weighted by molar-refractivity contribution is 7.01. The second-order valence-corrected chi connectivity index (χ2v) is 22.4. The molecule has 8 aromatic rings. The Kier molecular flexibility index (Phi) is 6.43. The Morgan fingerprint density at radius 3 is 1.10 bits per heavy atom. The van der Waals surface area contributed by atoms with Crippen LogP contribution in [0.3, 0.4) is 0 Å². The van der Waals surface area contributed by atoms with Crippen LogP contribution in [0, 0.1) is 0 Å². The first kappa shape index (κ1) is 34.3. The molecule has 0 fully saturated rings. The number of hydrogen-bond acceptors (Lipinski definition) is 2. The summed E-state index contributed by atoms with van der Waals surface area (Å²) in [5.74, 6) is 3.60. The lowest BCUT2D eigenvalue weighted by molar-refractivity contribution is 0.479. The van der Waals surface area contributed by atoms with Gasteiger partial charge in [-0.05, 0) is 145 Å². The van der Waals surface area contributed by atoms with E-state index in [0.29, 0.717) is 12.1 Å². The minimum Gasteiger partial charge on any atom is -0.458 e. The molecule has 294 valence electrons. The molecule has 0 radical (unpaired) electrons. The van der Waals surface area contributed by atoms with Crippen LogP contribution in [-0.4, -0.2) is 13.4 Å². The molecule has 60 heavy (non-hydrogen) atoms. The Labute approximate surface area is 358 Å². The molecule has 4 aliphatic heterocycles. The fraction of sp³-hybridized carbons (Fsp3) is 0.286. The zero-order valence-corrected chi connectivity index (χ0v) is 37.1. The molecule has 0 amide bonds. The topological polar surface area (TPSA) is 18.5 Å². The molecule has 0 bridgehead atoms. The van der Waals surface area contributed by atoms with Gasteiger partial charge in [0, 0.05) is 0 Å². The van der Waals surface area contributed by atoms with E-state index in [9.17, 15) is 2.74 Å².